The van der Waals surface area contributed by atoms with Crippen LogP contribution in [0.3, 0.4) is 0 Å². The molecule has 2 rings (SSSR count). The quantitative estimate of drug-likeness (QED) is 0.117. The van der Waals surface area contributed by atoms with E-state index in [-0.39, 0.29) is 80.4 Å². The molecular formula is C36H55N5O9. The smallest absolute Gasteiger partial charge is 0.308 e. The number of esters is 1. The van der Waals surface area contributed by atoms with Gasteiger partial charge in [-0.25, -0.2) is 0 Å². The van der Waals surface area contributed by atoms with Crippen LogP contribution in [-0.2, 0) is 49.6 Å². The van der Waals surface area contributed by atoms with Gasteiger partial charge in [-0.15, -0.1) is 0 Å². The summed E-state index contributed by atoms with van der Waals surface area (Å²) in [5, 5.41) is 10.8. The van der Waals surface area contributed by atoms with Crippen LogP contribution in [0.4, 0.5) is 5.69 Å². The number of carbonyl (C=O) groups is 7. The van der Waals surface area contributed by atoms with Crippen molar-refractivity contribution < 1.29 is 43.0 Å². The molecule has 14 heteroatoms. The molecule has 0 radical (unpaired) electrons. The summed E-state index contributed by atoms with van der Waals surface area (Å²) in [5.74, 6) is -2.83. The minimum absolute atomic E-state index is 0.0260. The topological polar surface area (TPSA) is 189 Å². The first kappa shape index (κ1) is 41.8. The fourth-order valence-corrected chi connectivity index (χ4v) is 4.97. The van der Waals surface area contributed by atoms with E-state index >= 15 is 0 Å². The lowest BCUT2D eigenvalue weighted by Crippen LogP contribution is -2.46. The van der Waals surface area contributed by atoms with Crippen LogP contribution in [0.1, 0.15) is 99.5 Å². The van der Waals surface area contributed by atoms with Crippen LogP contribution < -0.4 is 21.3 Å². The molecule has 0 aromatic heterocycles. The molecule has 14 nitrogen and oxygen atoms in total. The number of hydrogen-bond donors (Lipinski definition) is 4. The number of nitrogens with zero attached hydrogens (tertiary/aromatic N) is 1. The van der Waals surface area contributed by atoms with Crippen molar-refractivity contribution in [2.24, 2.45) is 11.8 Å². The highest BCUT2D eigenvalue weighted by Crippen LogP contribution is 2.23. The van der Waals surface area contributed by atoms with Gasteiger partial charge in [-0.3, -0.25) is 38.5 Å². The monoisotopic (exact) mass is 701 g/mol. The number of likely N-dealkylation sites (tertiary alicyclic amines) is 1. The third-order valence-electron chi connectivity index (χ3n) is 8.34. The van der Waals surface area contributed by atoms with Crippen molar-refractivity contribution in [3.8, 4) is 0 Å². The van der Waals surface area contributed by atoms with Crippen LogP contribution in [0.5, 0.6) is 0 Å². The van der Waals surface area contributed by atoms with Gasteiger partial charge in [-0.1, -0.05) is 32.9 Å². The Morgan fingerprint density at radius 3 is 2.18 bits per heavy atom. The molecule has 0 aliphatic carbocycles. The Balaban J connectivity index is 1.64. The maximum atomic E-state index is 12.6. The zero-order valence-corrected chi connectivity index (χ0v) is 30.7. The third-order valence-corrected chi connectivity index (χ3v) is 8.34. The zero-order chi connectivity index (χ0) is 37.6. The van der Waals surface area contributed by atoms with Gasteiger partial charge in [-0.2, -0.15) is 0 Å². The van der Waals surface area contributed by atoms with Crippen LogP contribution in [-0.4, -0.2) is 83.2 Å². The van der Waals surface area contributed by atoms with E-state index in [9.17, 15) is 33.6 Å². The number of benzene rings is 1. The average Bonchev–Trinajstić information content (AvgIpc) is 3.32. The van der Waals surface area contributed by atoms with Gasteiger partial charge in [0.1, 0.15) is 12.6 Å². The van der Waals surface area contributed by atoms with Crippen LogP contribution in [0, 0.1) is 11.8 Å². The lowest BCUT2D eigenvalue weighted by molar-refractivity contribution is -0.148. The second-order valence-electron chi connectivity index (χ2n) is 14.2. The predicted octanol–water partition coefficient (Wildman–Crippen LogP) is 2.98. The van der Waals surface area contributed by atoms with E-state index in [2.05, 4.69) is 21.3 Å². The summed E-state index contributed by atoms with van der Waals surface area (Å²) in [6.45, 7) is 14.5. The van der Waals surface area contributed by atoms with Crippen molar-refractivity contribution in [2.75, 3.05) is 25.0 Å². The Bertz CT molecular complexity index is 1370. The maximum Gasteiger partial charge on any atom is 0.308 e. The number of nitrogens with one attached hydrogen (secondary N) is 4. The first-order chi connectivity index (χ1) is 23.3. The van der Waals surface area contributed by atoms with E-state index < -0.39 is 29.0 Å². The van der Waals surface area contributed by atoms with Crippen LogP contribution >= 0.6 is 0 Å². The Morgan fingerprint density at radius 1 is 0.920 bits per heavy atom. The minimum Gasteiger partial charge on any atom is -0.461 e. The number of amides is 6. The van der Waals surface area contributed by atoms with Crippen molar-refractivity contribution in [3.63, 3.8) is 0 Å². The number of imide groups is 1. The minimum atomic E-state index is -0.862. The molecule has 0 spiro atoms. The summed E-state index contributed by atoms with van der Waals surface area (Å²) >= 11 is 0. The van der Waals surface area contributed by atoms with Gasteiger partial charge < -0.3 is 30.7 Å². The first-order valence-electron chi connectivity index (χ1n) is 17.2. The Hall–Kier alpha value is -4.33. The van der Waals surface area contributed by atoms with E-state index in [0.29, 0.717) is 31.6 Å². The molecule has 1 aromatic rings. The van der Waals surface area contributed by atoms with Gasteiger partial charge in [0.2, 0.25) is 35.4 Å². The standard InChI is InChI=1S/C36H55N5O9/c1-9-26-20-31(45)41(33(26)47)18-15-29(43)40-35(5,6)17-19-50-36(7,8)16-14-28(42)37-21-30(44)38-24(4)32(46)39-27-12-10-25(11-13-27)22-49-34(48)23(2)3/h10-13,23-24,26H,9,14-22H2,1-8H3,(H,37,42)(H,38,44)(H,39,46)(H,40,43). The van der Waals surface area contributed by atoms with E-state index in [0.717, 1.165) is 5.56 Å². The molecule has 278 valence electrons. The molecule has 1 heterocycles. The van der Waals surface area contributed by atoms with Crippen molar-refractivity contribution in [2.45, 2.75) is 118 Å². The van der Waals surface area contributed by atoms with Gasteiger partial charge in [0.05, 0.1) is 18.1 Å². The fraction of sp³-hybridized carbons (Fsp3) is 0.639. The molecular weight excluding hydrogens is 646 g/mol. The van der Waals surface area contributed by atoms with Gasteiger partial charge in [0, 0.05) is 49.6 Å². The Labute approximate surface area is 295 Å². The molecule has 0 bridgehead atoms. The fourth-order valence-electron chi connectivity index (χ4n) is 4.97. The molecule has 4 N–H and O–H groups in total. The number of ether oxygens (including phenoxy) is 2. The highest BCUT2D eigenvalue weighted by molar-refractivity contribution is 6.03. The Morgan fingerprint density at radius 2 is 1.58 bits per heavy atom. The molecule has 50 heavy (non-hydrogen) atoms. The van der Waals surface area contributed by atoms with Gasteiger partial charge in [-0.05, 0) is 71.6 Å². The summed E-state index contributed by atoms with van der Waals surface area (Å²) in [5.41, 5.74) is 0.0170. The molecule has 1 fully saturated rings. The van der Waals surface area contributed by atoms with Crippen molar-refractivity contribution in [3.05, 3.63) is 29.8 Å². The summed E-state index contributed by atoms with van der Waals surface area (Å²) in [4.78, 5) is 87.1. The molecule has 2 atom stereocenters. The third kappa shape index (κ3) is 14.7. The summed E-state index contributed by atoms with van der Waals surface area (Å²) < 4.78 is 11.2. The number of hydrogen-bond acceptors (Lipinski definition) is 9. The normalized spacial score (nSPS) is 15.5. The van der Waals surface area contributed by atoms with Gasteiger partial charge >= 0.3 is 5.97 Å². The van der Waals surface area contributed by atoms with Gasteiger partial charge in [0.15, 0.2) is 0 Å². The van der Waals surface area contributed by atoms with Crippen LogP contribution in [0.2, 0.25) is 0 Å². The molecule has 1 aromatic carbocycles. The van der Waals surface area contributed by atoms with Crippen LogP contribution in [0.15, 0.2) is 24.3 Å². The van der Waals surface area contributed by atoms with Crippen molar-refractivity contribution >= 4 is 47.1 Å². The lowest BCUT2D eigenvalue weighted by Gasteiger charge is -2.30. The van der Waals surface area contributed by atoms with Crippen molar-refractivity contribution in [1.82, 2.24) is 20.9 Å². The summed E-state index contributed by atoms with van der Waals surface area (Å²) in [7, 11) is 0. The second-order valence-corrected chi connectivity index (χ2v) is 14.2. The summed E-state index contributed by atoms with van der Waals surface area (Å²) in [6, 6.07) is 5.93. The lowest BCUT2D eigenvalue weighted by atomic mass is 9.99. The molecule has 1 aliphatic rings. The highest BCUT2D eigenvalue weighted by atomic mass is 16.5. The van der Waals surface area contributed by atoms with E-state index in [4.69, 9.17) is 9.47 Å². The van der Waals surface area contributed by atoms with Gasteiger partial charge in [0.25, 0.3) is 0 Å². The molecule has 6 amide bonds. The van der Waals surface area contributed by atoms with Crippen molar-refractivity contribution in [1.29, 1.82) is 0 Å². The number of rotatable bonds is 20. The zero-order valence-electron chi connectivity index (χ0n) is 30.7. The van der Waals surface area contributed by atoms with E-state index in [1.54, 1.807) is 38.1 Å². The van der Waals surface area contributed by atoms with Crippen LogP contribution in [0.25, 0.3) is 0 Å². The summed E-state index contributed by atoms with van der Waals surface area (Å²) in [6.07, 6.45) is 1.79. The second kappa shape index (κ2) is 19.2. The van der Waals surface area contributed by atoms with E-state index in [1.807, 2.05) is 34.6 Å². The number of anilines is 1. The van der Waals surface area contributed by atoms with E-state index in [1.165, 1.54) is 11.8 Å². The maximum absolute atomic E-state index is 12.6. The molecule has 2 unspecified atom stereocenters. The average molecular weight is 702 g/mol. The molecule has 1 saturated heterocycles. The molecule has 1 aliphatic heterocycles. The molecule has 0 saturated carbocycles. The number of carbonyl (C=O) groups excluding carboxylic acids is 7. The predicted molar refractivity (Wildman–Crippen MR) is 186 cm³/mol. The first-order valence-corrected chi connectivity index (χ1v) is 17.2. The highest BCUT2D eigenvalue weighted by Gasteiger charge is 2.37. The largest absolute Gasteiger partial charge is 0.461 e. The Kier molecular flexibility index (Phi) is 16.0. The SMILES string of the molecule is CCC1CC(=O)N(CCC(=O)NC(C)(C)CCOC(C)(C)CCC(=O)NCC(=O)NC(C)C(=O)Nc2ccc(COC(=O)C(C)C)cc2)C1=O.